The minimum atomic E-state index is -4.20. The molecule has 148 valence electrons. The summed E-state index contributed by atoms with van der Waals surface area (Å²) < 4.78 is 37.7. The van der Waals surface area contributed by atoms with Crippen LogP contribution < -0.4 is 10.0 Å². The van der Waals surface area contributed by atoms with E-state index in [1.54, 1.807) is 0 Å². The average Bonchev–Trinajstić information content (AvgIpc) is 3.39. The van der Waals surface area contributed by atoms with Crippen LogP contribution in [0.4, 0.5) is 10.5 Å². The van der Waals surface area contributed by atoms with E-state index >= 15 is 0 Å². The number of oxazole rings is 1. The molecule has 9 heteroatoms. The van der Waals surface area contributed by atoms with Crippen LogP contribution in [-0.4, -0.2) is 26.0 Å². The van der Waals surface area contributed by atoms with E-state index in [4.69, 9.17) is 9.15 Å². The lowest BCUT2D eigenvalue weighted by Crippen LogP contribution is -2.35. The van der Waals surface area contributed by atoms with Crippen LogP contribution in [0.25, 0.3) is 0 Å². The number of amides is 2. The number of carbonyl (C=O) groups excluding carboxylic acids is 1. The van der Waals surface area contributed by atoms with Crippen molar-refractivity contribution in [1.29, 1.82) is 0 Å². The summed E-state index contributed by atoms with van der Waals surface area (Å²) in [4.78, 5) is 16.5. The van der Waals surface area contributed by atoms with Gasteiger partial charge in [0.15, 0.2) is 0 Å². The molecular formula is C19H21N3O5S. The van der Waals surface area contributed by atoms with Crippen molar-refractivity contribution >= 4 is 21.7 Å². The van der Waals surface area contributed by atoms with E-state index in [9.17, 15) is 13.2 Å². The number of fused-ring (bicyclic) bond motifs is 3. The first kappa shape index (κ1) is 17.7. The molecule has 0 unspecified atom stereocenters. The molecule has 2 heterocycles. The van der Waals surface area contributed by atoms with Crippen molar-refractivity contribution in [3.8, 4) is 0 Å². The molecule has 3 aliphatic rings. The van der Waals surface area contributed by atoms with Gasteiger partial charge < -0.3 is 14.5 Å². The lowest BCUT2D eigenvalue weighted by Gasteiger charge is -2.16. The van der Waals surface area contributed by atoms with Crippen molar-refractivity contribution in [1.82, 2.24) is 9.71 Å². The first-order valence-electron chi connectivity index (χ1n) is 9.58. The Kier molecular flexibility index (Phi) is 4.17. The largest absolute Gasteiger partial charge is 0.431 e. The molecule has 0 spiro atoms. The molecule has 0 saturated carbocycles. The summed E-state index contributed by atoms with van der Waals surface area (Å²) >= 11 is 0. The van der Waals surface area contributed by atoms with Gasteiger partial charge in [0.05, 0.1) is 13.2 Å². The van der Waals surface area contributed by atoms with Crippen LogP contribution in [0, 0.1) is 0 Å². The third-order valence-corrected chi connectivity index (χ3v) is 6.73. The summed E-state index contributed by atoms with van der Waals surface area (Å²) in [6.45, 7) is 0.669. The zero-order chi connectivity index (χ0) is 19.3. The van der Waals surface area contributed by atoms with E-state index < -0.39 is 21.3 Å². The topological polar surface area (TPSA) is 111 Å². The fraction of sp³-hybridized carbons (Fsp3) is 0.474. The fourth-order valence-corrected chi connectivity index (χ4v) is 5.21. The summed E-state index contributed by atoms with van der Waals surface area (Å²) in [6.07, 6.45) is 6.37. The number of carbonyl (C=O) groups is 1. The molecule has 5 rings (SSSR count). The second kappa shape index (κ2) is 6.59. The summed E-state index contributed by atoms with van der Waals surface area (Å²) in [5, 5.41) is 2.31. The normalized spacial score (nSPS) is 17.7. The van der Waals surface area contributed by atoms with Crippen molar-refractivity contribution in [2.45, 2.75) is 56.8 Å². The van der Waals surface area contributed by atoms with E-state index in [2.05, 4.69) is 16.4 Å². The Morgan fingerprint density at radius 1 is 1.04 bits per heavy atom. The number of hydrogen-bond donors (Lipinski definition) is 2. The lowest BCUT2D eigenvalue weighted by molar-refractivity contribution is 0.101. The van der Waals surface area contributed by atoms with Gasteiger partial charge in [-0.15, -0.1) is 0 Å². The number of ether oxygens (including phenoxy) is 1. The van der Waals surface area contributed by atoms with Crippen molar-refractivity contribution in [2.75, 3.05) is 11.9 Å². The molecule has 1 aromatic heterocycles. The quantitative estimate of drug-likeness (QED) is 0.813. The minimum Gasteiger partial charge on any atom is -0.431 e. The number of nitrogens with one attached hydrogen (secondary N) is 2. The summed E-state index contributed by atoms with van der Waals surface area (Å²) in [7, 11) is -4.20. The monoisotopic (exact) mass is 403 g/mol. The standard InChI is InChI=1S/C19H21N3O5S/c23-18(22-28(24,25)19-20-15-10-26-8-7-16(15)27-19)21-17-13-5-1-3-11(13)9-12-4-2-6-14(12)17/h9H,1-8,10H2,(H2,21,22,23). The predicted octanol–water partition coefficient (Wildman–Crippen LogP) is 2.24. The summed E-state index contributed by atoms with van der Waals surface area (Å²) in [5.41, 5.74) is 6.05. The van der Waals surface area contributed by atoms with E-state index in [1.165, 1.54) is 11.1 Å². The minimum absolute atomic E-state index is 0.211. The molecule has 1 aliphatic heterocycles. The van der Waals surface area contributed by atoms with Gasteiger partial charge in [-0.1, -0.05) is 6.07 Å². The molecular weight excluding hydrogens is 382 g/mol. The molecule has 2 N–H and O–H groups in total. The van der Waals surface area contributed by atoms with E-state index in [-0.39, 0.29) is 6.61 Å². The van der Waals surface area contributed by atoms with E-state index in [0.717, 1.165) is 55.3 Å². The van der Waals surface area contributed by atoms with Gasteiger partial charge in [0.25, 0.3) is 0 Å². The molecule has 1 aromatic carbocycles. The lowest BCUT2D eigenvalue weighted by atomic mass is 9.99. The zero-order valence-corrected chi connectivity index (χ0v) is 16.2. The number of urea groups is 1. The highest BCUT2D eigenvalue weighted by molar-refractivity contribution is 7.89. The molecule has 0 atom stereocenters. The van der Waals surface area contributed by atoms with Crippen molar-refractivity contribution < 1.29 is 22.4 Å². The Labute approximate surface area is 162 Å². The number of aryl methyl sites for hydroxylation is 2. The van der Waals surface area contributed by atoms with E-state index in [0.29, 0.717) is 24.5 Å². The highest BCUT2D eigenvalue weighted by Crippen LogP contribution is 2.38. The van der Waals surface area contributed by atoms with Gasteiger partial charge >= 0.3 is 21.3 Å². The van der Waals surface area contributed by atoms with Crippen LogP contribution in [0.5, 0.6) is 0 Å². The van der Waals surface area contributed by atoms with Crippen LogP contribution in [0.15, 0.2) is 15.7 Å². The molecule has 28 heavy (non-hydrogen) atoms. The Morgan fingerprint density at radius 2 is 1.75 bits per heavy atom. The molecule has 0 fully saturated rings. The maximum absolute atomic E-state index is 12.5. The van der Waals surface area contributed by atoms with Crippen LogP contribution in [0.3, 0.4) is 0 Å². The van der Waals surface area contributed by atoms with Gasteiger partial charge in [0.2, 0.25) is 0 Å². The molecule has 0 saturated heterocycles. The van der Waals surface area contributed by atoms with Crippen LogP contribution >= 0.6 is 0 Å². The third-order valence-electron chi connectivity index (χ3n) is 5.64. The number of hydrogen-bond acceptors (Lipinski definition) is 6. The molecule has 2 aliphatic carbocycles. The van der Waals surface area contributed by atoms with Crippen LogP contribution in [0.1, 0.15) is 46.5 Å². The Balaban J connectivity index is 1.39. The first-order chi connectivity index (χ1) is 13.5. The smallest absolute Gasteiger partial charge is 0.336 e. The number of rotatable bonds is 3. The maximum Gasteiger partial charge on any atom is 0.336 e. The van der Waals surface area contributed by atoms with Crippen LogP contribution in [-0.2, 0) is 53.5 Å². The Morgan fingerprint density at radius 3 is 2.43 bits per heavy atom. The highest BCUT2D eigenvalue weighted by Gasteiger charge is 2.30. The van der Waals surface area contributed by atoms with Crippen molar-refractivity contribution in [3.05, 3.63) is 39.8 Å². The zero-order valence-electron chi connectivity index (χ0n) is 15.3. The third kappa shape index (κ3) is 2.98. The number of nitrogens with zero attached hydrogens (tertiary/aromatic N) is 1. The maximum atomic E-state index is 12.5. The van der Waals surface area contributed by atoms with Gasteiger partial charge in [-0.2, -0.15) is 13.4 Å². The molecule has 0 bridgehead atoms. The summed E-state index contributed by atoms with van der Waals surface area (Å²) in [5.74, 6) is 0.491. The van der Waals surface area contributed by atoms with Gasteiger partial charge in [-0.3, -0.25) is 0 Å². The average molecular weight is 403 g/mol. The summed E-state index contributed by atoms with van der Waals surface area (Å²) in [6, 6.07) is 1.46. The molecule has 2 aromatic rings. The number of benzene rings is 1. The van der Waals surface area contributed by atoms with Crippen LogP contribution in [0.2, 0.25) is 0 Å². The molecule has 2 amide bonds. The van der Waals surface area contributed by atoms with Gasteiger partial charge in [0.1, 0.15) is 11.5 Å². The fourth-order valence-electron chi connectivity index (χ4n) is 4.39. The highest BCUT2D eigenvalue weighted by atomic mass is 32.2. The second-order valence-corrected chi connectivity index (χ2v) is 9.01. The van der Waals surface area contributed by atoms with Gasteiger partial charge in [0, 0.05) is 12.1 Å². The Bertz CT molecular complexity index is 1020. The van der Waals surface area contributed by atoms with Gasteiger partial charge in [-0.25, -0.2) is 9.52 Å². The van der Waals surface area contributed by atoms with Crippen molar-refractivity contribution in [3.63, 3.8) is 0 Å². The number of anilines is 1. The number of sulfonamides is 1. The predicted molar refractivity (Wildman–Crippen MR) is 99.7 cm³/mol. The molecule has 0 radical (unpaired) electrons. The SMILES string of the molecule is O=C(Nc1c2c(cc3c1CCC3)CCC2)NS(=O)(=O)c1nc2c(o1)CCOC2. The Hall–Kier alpha value is -2.39. The first-order valence-corrected chi connectivity index (χ1v) is 11.1. The van der Waals surface area contributed by atoms with E-state index in [1.807, 2.05) is 4.72 Å². The van der Waals surface area contributed by atoms with Crippen molar-refractivity contribution in [2.24, 2.45) is 0 Å². The second-order valence-electron chi connectivity index (χ2n) is 7.45. The molecule has 8 nitrogen and oxygen atoms in total. The van der Waals surface area contributed by atoms with Gasteiger partial charge in [-0.05, 0) is 60.8 Å². The number of aromatic nitrogens is 1.